The van der Waals surface area contributed by atoms with E-state index < -0.39 is 53.0 Å². The summed E-state index contributed by atoms with van der Waals surface area (Å²) in [6, 6.07) is 3.87. The lowest BCUT2D eigenvalue weighted by Gasteiger charge is -2.35. The molecule has 2 saturated heterocycles. The zero-order valence-electron chi connectivity index (χ0n) is 38.2. The quantitative estimate of drug-likeness (QED) is 0.0542. The van der Waals surface area contributed by atoms with E-state index in [1.54, 1.807) is 6.08 Å². The van der Waals surface area contributed by atoms with Crippen LogP contribution >= 0.6 is 33.9 Å². The summed E-state index contributed by atoms with van der Waals surface area (Å²) in [5.41, 5.74) is 0.842. The molecule has 3 aromatic rings. The van der Waals surface area contributed by atoms with Crippen LogP contribution in [-0.2, 0) is 28.3 Å². The number of rotatable bonds is 17. The fourth-order valence-electron chi connectivity index (χ4n) is 9.63. The number of carbonyl (C=O) groups excluding carboxylic acids is 4. The molecule has 8 rings (SSSR count). The highest BCUT2D eigenvalue weighted by atomic mass is 127. The van der Waals surface area contributed by atoms with Gasteiger partial charge >= 0.3 is 12.1 Å². The number of esters is 1. The minimum absolute atomic E-state index is 0.0208. The number of pyridine rings is 1. The number of benzene rings is 1. The van der Waals surface area contributed by atoms with Gasteiger partial charge < -0.3 is 45.1 Å². The summed E-state index contributed by atoms with van der Waals surface area (Å²) < 4.78 is 25.0. The molecular formula is C47H63IN8O8S. The number of carbonyl (C=O) groups is 4. The van der Waals surface area contributed by atoms with E-state index in [2.05, 4.69) is 69.2 Å². The number of fused-ring (bicyclic) bond motifs is 2. The molecule has 5 fully saturated rings. The van der Waals surface area contributed by atoms with Crippen LogP contribution in [0.3, 0.4) is 0 Å². The van der Waals surface area contributed by atoms with Crippen molar-refractivity contribution in [1.82, 2.24) is 35.7 Å². The fourth-order valence-corrected chi connectivity index (χ4v) is 11.2. The van der Waals surface area contributed by atoms with Gasteiger partial charge in [-0.25, -0.2) is 19.6 Å². The first-order valence-corrected chi connectivity index (χ1v) is 25.3. The number of anilines is 1. The van der Waals surface area contributed by atoms with Crippen molar-refractivity contribution in [3.8, 4) is 22.9 Å². The lowest BCUT2D eigenvalue weighted by Crippen LogP contribution is -2.59. The number of aromatic nitrogens is 2. The van der Waals surface area contributed by atoms with Crippen LogP contribution in [0.1, 0.15) is 72.3 Å². The molecular weight excluding hydrogens is 964 g/mol. The number of hydrogen-bond donors (Lipinski definition) is 4. The van der Waals surface area contributed by atoms with Gasteiger partial charge in [0.05, 0.1) is 24.9 Å². The molecule has 352 valence electrons. The van der Waals surface area contributed by atoms with E-state index in [9.17, 15) is 19.2 Å². The summed E-state index contributed by atoms with van der Waals surface area (Å²) in [7, 11) is 1.28. The number of likely N-dealkylation sites (tertiary alicyclic amines) is 1. The molecule has 3 saturated carbocycles. The number of alkyl carbamates (subject to hydrolysis) is 1. The highest BCUT2D eigenvalue weighted by molar-refractivity contribution is 14.1. The fraction of sp³-hybridized carbons (Fsp3) is 0.617. The Morgan fingerprint density at radius 1 is 1.05 bits per heavy atom. The number of ether oxygens (including phenoxy) is 4. The summed E-state index contributed by atoms with van der Waals surface area (Å²) in [5, 5.41) is 16.1. The molecule has 2 aromatic heterocycles. The monoisotopic (exact) mass is 1030 g/mol. The average Bonchev–Trinajstić information content (AvgIpc) is 3.94. The molecule has 18 heteroatoms. The molecule has 4 N–H and O–H groups in total. The van der Waals surface area contributed by atoms with Crippen molar-refractivity contribution >= 4 is 73.8 Å². The summed E-state index contributed by atoms with van der Waals surface area (Å²) in [4.78, 5) is 70.0. The molecule has 3 amide bonds. The zero-order chi connectivity index (χ0) is 46.2. The Hall–Kier alpha value is -4.27. The highest BCUT2D eigenvalue weighted by Crippen LogP contribution is 2.52. The van der Waals surface area contributed by atoms with E-state index in [-0.39, 0.29) is 31.0 Å². The number of thiazole rings is 1. The van der Waals surface area contributed by atoms with Gasteiger partial charge in [0.25, 0.3) is 0 Å². The summed E-state index contributed by atoms with van der Waals surface area (Å²) >= 11 is 3.83. The van der Waals surface area contributed by atoms with Crippen molar-refractivity contribution in [2.75, 3.05) is 58.3 Å². The zero-order valence-corrected chi connectivity index (χ0v) is 41.2. The number of hydrogen-bond acceptors (Lipinski definition) is 14. The van der Waals surface area contributed by atoms with Gasteiger partial charge in [0.15, 0.2) is 5.13 Å². The summed E-state index contributed by atoms with van der Waals surface area (Å²) in [5.74, 6) is 0.584. The highest BCUT2D eigenvalue weighted by Gasteiger charge is 2.62. The van der Waals surface area contributed by atoms with Crippen LogP contribution in [-0.4, -0.2) is 133 Å². The topological polar surface area (TPSA) is 186 Å². The Kier molecular flexibility index (Phi) is 14.2. The number of amides is 3. The molecule has 0 bridgehead atoms. The van der Waals surface area contributed by atoms with Gasteiger partial charge in [-0.3, -0.25) is 14.5 Å². The third kappa shape index (κ3) is 10.5. The predicted octanol–water partition coefficient (Wildman–Crippen LogP) is 5.92. The van der Waals surface area contributed by atoms with E-state index in [0.717, 1.165) is 67.4 Å². The largest absolute Gasteiger partial charge is 0.492 e. The molecule has 16 nitrogen and oxygen atoms in total. The van der Waals surface area contributed by atoms with Crippen LogP contribution < -0.4 is 30.7 Å². The Bertz CT molecular complexity index is 2270. The molecule has 0 radical (unpaired) electrons. The van der Waals surface area contributed by atoms with Gasteiger partial charge in [-0.15, -0.1) is 17.9 Å². The normalized spacial score (nSPS) is 26.6. The van der Waals surface area contributed by atoms with E-state index in [4.69, 9.17) is 28.9 Å². The molecule has 0 spiro atoms. The standard InChI is InChI=1S/C47H63IN8O8S/c1-8-29-22-47(29,43(59)61-7)54-41(57)36-20-31(24-56(36)42(58)40(46(4,5)6)53-45(60)64-30-18-27-17-28(27)19-30)63-38-21-34(35-25-65-44(52-35)50-26(2)3)51-39-32(38)9-10-37(33(39)23-48)62-16-15-55-13-11-49-12-14-55/h8-10,21,25-31,36,40,49H,1,11-20,22-24H2,2-7H3,(H,50,52)(H,53,60)(H,54,57)/t27-,28+,29-,30+,31-,36+,40-,47?/m1/s1. The number of nitrogens with one attached hydrogen (secondary N) is 4. The van der Waals surface area contributed by atoms with Crippen molar-refractivity contribution in [3.05, 3.63) is 41.8 Å². The third-order valence-corrected chi connectivity index (χ3v) is 14.9. The number of methoxy groups -OCH3 is 1. The average molecular weight is 1030 g/mol. The lowest BCUT2D eigenvalue weighted by atomic mass is 9.85. The first-order valence-electron chi connectivity index (χ1n) is 22.9. The third-order valence-electron chi connectivity index (χ3n) is 13.4. The maximum atomic E-state index is 14.9. The molecule has 3 aliphatic carbocycles. The Morgan fingerprint density at radius 3 is 2.46 bits per heavy atom. The Balaban J connectivity index is 1.11. The molecule has 2 aliphatic heterocycles. The van der Waals surface area contributed by atoms with Crippen molar-refractivity contribution in [3.63, 3.8) is 0 Å². The molecule has 5 aliphatic rings. The van der Waals surface area contributed by atoms with Crippen molar-refractivity contribution in [1.29, 1.82) is 0 Å². The molecule has 1 unspecified atom stereocenters. The minimum atomic E-state index is -1.29. The maximum absolute atomic E-state index is 14.9. The molecule has 4 heterocycles. The van der Waals surface area contributed by atoms with Gasteiger partial charge in [0.1, 0.15) is 53.6 Å². The number of halogens is 1. The van der Waals surface area contributed by atoms with E-state index >= 15 is 0 Å². The Labute approximate surface area is 398 Å². The number of nitrogens with zero attached hydrogens (tertiary/aromatic N) is 4. The summed E-state index contributed by atoms with van der Waals surface area (Å²) in [6.07, 6.45) is 3.39. The van der Waals surface area contributed by atoms with Crippen molar-refractivity contribution in [2.45, 2.75) is 107 Å². The van der Waals surface area contributed by atoms with Crippen molar-refractivity contribution in [2.24, 2.45) is 23.2 Å². The van der Waals surface area contributed by atoms with E-state index in [1.807, 2.05) is 44.4 Å². The Morgan fingerprint density at radius 2 is 1.80 bits per heavy atom. The van der Waals surface area contributed by atoms with Crippen molar-refractivity contribution < 1.29 is 38.1 Å². The minimum Gasteiger partial charge on any atom is -0.492 e. The number of piperazine rings is 1. The van der Waals surface area contributed by atoms with E-state index in [0.29, 0.717) is 51.9 Å². The van der Waals surface area contributed by atoms with Gasteiger partial charge in [0, 0.05) is 77.9 Å². The smallest absolute Gasteiger partial charge is 0.408 e. The second-order valence-electron chi connectivity index (χ2n) is 19.5. The van der Waals surface area contributed by atoms with Gasteiger partial charge in [-0.05, 0) is 68.9 Å². The van der Waals surface area contributed by atoms with Gasteiger partial charge in [0.2, 0.25) is 11.8 Å². The van der Waals surface area contributed by atoms with Crippen LogP contribution in [0.25, 0.3) is 22.3 Å². The van der Waals surface area contributed by atoms with Crippen LogP contribution in [0.15, 0.2) is 36.2 Å². The van der Waals surface area contributed by atoms with Gasteiger partial charge in [-0.1, -0.05) is 49.4 Å². The van der Waals surface area contributed by atoms with Crippen LogP contribution in [0.4, 0.5) is 9.93 Å². The lowest BCUT2D eigenvalue weighted by molar-refractivity contribution is -0.148. The molecule has 8 atom stereocenters. The first-order chi connectivity index (χ1) is 31.1. The molecule has 1 aromatic carbocycles. The van der Waals surface area contributed by atoms with Gasteiger partial charge in [-0.2, -0.15) is 0 Å². The van der Waals surface area contributed by atoms with Crippen LogP contribution in [0, 0.1) is 23.2 Å². The van der Waals surface area contributed by atoms with Crippen LogP contribution in [0.5, 0.6) is 11.5 Å². The SMILES string of the molecule is C=C[C@@H]1CC1(NC(=O)[C@@H]1C[C@@H](Oc2cc(-c3csc(NC(C)C)n3)nc3c(CI)c(OCCN4CCNCC4)ccc23)CN1C(=O)[C@@H](NC(=O)O[C@@H]1C[C@@H]2C[C@@H]2C1)C(C)(C)C)C(=O)OC. The van der Waals surface area contributed by atoms with Crippen LogP contribution in [0.2, 0.25) is 0 Å². The second-order valence-corrected chi connectivity index (χ2v) is 21.2. The summed E-state index contributed by atoms with van der Waals surface area (Å²) in [6.45, 7) is 18.8. The first kappa shape index (κ1) is 47.2. The maximum Gasteiger partial charge on any atom is 0.408 e. The number of alkyl halides is 1. The second kappa shape index (κ2) is 19.5. The van der Waals surface area contributed by atoms with E-state index in [1.165, 1.54) is 29.8 Å². The molecule has 65 heavy (non-hydrogen) atoms. The predicted molar refractivity (Wildman–Crippen MR) is 257 cm³/mol.